The number of carboxylic acid groups (broad SMARTS) is 1. The van der Waals surface area contributed by atoms with E-state index in [-0.39, 0.29) is 64.4 Å². The van der Waals surface area contributed by atoms with Crippen molar-refractivity contribution in [3.8, 4) is 0 Å². The second-order valence-electron chi connectivity index (χ2n) is 18.7. The summed E-state index contributed by atoms with van der Waals surface area (Å²) in [6, 6.07) is 0. The Kier molecular flexibility index (Phi) is 11.3. The normalized spacial score (nSPS) is 39.9. The molecule has 1 unspecified atom stereocenters. The number of hydrogen-bond donors (Lipinski definition) is 3. The van der Waals surface area contributed by atoms with E-state index in [0.717, 1.165) is 77.0 Å². The van der Waals surface area contributed by atoms with Gasteiger partial charge in [0.2, 0.25) is 11.8 Å². The number of esters is 1. The number of unbranched alkanes of at least 4 members (excludes halogenated alkanes) is 4. The number of aliphatic carboxylic acids is 1. The standard InChI is InChI=1S/C42H68N2O6/c1-27(2)29-17-22-42(37(49)44-26-34(46)43-25-13-11-9-10-12-14-35(47)48)24-23-40(7)30(36(29)42)15-16-32-39(6)20-19-33(50-28(3)45)38(4,5)31(39)18-21-41(32,40)8/h29-33,36H,1,9-26H2,2-8H3,(H,43,46)(H,44,49)(H,47,48)/t29-,30+,31-,32?,33-,36+,39-,40+,41+,42-/m0/s1. The van der Waals surface area contributed by atoms with Gasteiger partial charge in [-0.15, -0.1) is 0 Å². The topological polar surface area (TPSA) is 122 Å². The van der Waals surface area contributed by atoms with Crippen LogP contribution in [0.25, 0.3) is 0 Å². The first kappa shape index (κ1) is 38.8. The van der Waals surface area contributed by atoms with Crippen LogP contribution in [0.5, 0.6) is 0 Å². The Bertz CT molecular complexity index is 1330. The SMILES string of the molecule is C=C(C)[C@@H]1CC[C@]2(C(=O)NCC(=O)NCCCCCCCC(=O)O)CC[C@]3(C)[C@H](CCC4[C@@]5(C)CC[C@H](OC(C)=O)C(C)(C)[C@@H]5CC[C@]43C)[C@@H]12. The molecule has 0 spiro atoms. The van der Waals surface area contributed by atoms with Gasteiger partial charge < -0.3 is 20.5 Å². The molecule has 0 saturated heterocycles. The van der Waals surface area contributed by atoms with Gasteiger partial charge in [0.25, 0.3) is 0 Å². The van der Waals surface area contributed by atoms with Crippen molar-refractivity contribution < 1.29 is 29.0 Å². The summed E-state index contributed by atoms with van der Waals surface area (Å²) in [5.41, 5.74) is 1.12. The Hall–Kier alpha value is -2.38. The van der Waals surface area contributed by atoms with E-state index in [1.807, 2.05) is 0 Å². The number of amides is 2. The third-order valence-electron chi connectivity index (χ3n) is 16.1. The average Bonchev–Trinajstić information content (AvgIpc) is 3.44. The first-order chi connectivity index (χ1) is 23.4. The van der Waals surface area contributed by atoms with Crippen LogP contribution in [0.1, 0.15) is 151 Å². The highest BCUT2D eigenvalue weighted by atomic mass is 16.5. The van der Waals surface area contributed by atoms with Gasteiger partial charge in [0.15, 0.2) is 0 Å². The molecule has 10 atom stereocenters. The summed E-state index contributed by atoms with van der Waals surface area (Å²) >= 11 is 0. The van der Waals surface area contributed by atoms with Crippen molar-refractivity contribution in [2.24, 2.45) is 56.7 Å². The lowest BCUT2D eigenvalue weighted by atomic mass is 9.32. The van der Waals surface area contributed by atoms with E-state index in [1.54, 1.807) is 6.92 Å². The van der Waals surface area contributed by atoms with Crippen LogP contribution in [0.15, 0.2) is 12.2 Å². The van der Waals surface area contributed by atoms with E-state index in [2.05, 4.69) is 58.8 Å². The van der Waals surface area contributed by atoms with E-state index in [0.29, 0.717) is 36.6 Å². The first-order valence-corrected chi connectivity index (χ1v) is 20.0. The molecule has 5 aliphatic carbocycles. The minimum Gasteiger partial charge on any atom is -0.481 e. The lowest BCUT2D eigenvalue weighted by Crippen LogP contribution is -2.67. The molecule has 50 heavy (non-hydrogen) atoms. The number of nitrogens with one attached hydrogen (secondary N) is 2. The molecule has 3 N–H and O–H groups in total. The highest BCUT2D eigenvalue weighted by Gasteiger charge is 2.72. The number of hydrogen-bond acceptors (Lipinski definition) is 5. The molecule has 282 valence electrons. The maximum atomic E-state index is 14.4. The summed E-state index contributed by atoms with van der Waals surface area (Å²) < 4.78 is 5.94. The highest BCUT2D eigenvalue weighted by molar-refractivity contribution is 5.88. The molecule has 5 fully saturated rings. The smallest absolute Gasteiger partial charge is 0.303 e. The monoisotopic (exact) mass is 697 g/mol. The Labute approximate surface area is 302 Å². The fourth-order valence-corrected chi connectivity index (χ4v) is 13.5. The molecule has 0 aromatic carbocycles. The van der Waals surface area contributed by atoms with Gasteiger partial charge in [-0.05, 0) is 130 Å². The summed E-state index contributed by atoms with van der Waals surface area (Å²) in [5, 5.41) is 14.9. The molecule has 5 aliphatic rings. The number of fused-ring (bicyclic) bond motifs is 7. The summed E-state index contributed by atoms with van der Waals surface area (Å²) in [6.07, 6.45) is 14.9. The number of ether oxygens (including phenoxy) is 1. The molecule has 8 heteroatoms. The summed E-state index contributed by atoms with van der Waals surface area (Å²) in [4.78, 5) is 49.9. The van der Waals surface area contributed by atoms with E-state index in [9.17, 15) is 19.2 Å². The van der Waals surface area contributed by atoms with Crippen LogP contribution in [0, 0.1) is 56.7 Å². The van der Waals surface area contributed by atoms with Crippen LogP contribution in [0.4, 0.5) is 0 Å². The predicted octanol–water partition coefficient (Wildman–Crippen LogP) is 8.23. The zero-order valence-corrected chi connectivity index (χ0v) is 32.4. The van der Waals surface area contributed by atoms with E-state index in [4.69, 9.17) is 9.84 Å². The van der Waals surface area contributed by atoms with Crippen LogP contribution < -0.4 is 10.6 Å². The van der Waals surface area contributed by atoms with Crippen molar-refractivity contribution in [2.75, 3.05) is 13.1 Å². The zero-order valence-electron chi connectivity index (χ0n) is 32.4. The number of rotatable bonds is 13. The predicted molar refractivity (Wildman–Crippen MR) is 196 cm³/mol. The number of carbonyl (C=O) groups is 4. The zero-order chi connectivity index (χ0) is 36.7. The quantitative estimate of drug-likeness (QED) is 0.101. The molecule has 5 saturated carbocycles. The molecule has 0 bridgehead atoms. The second kappa shape index (κ2) is 14.6. The van der Waals surface area contributed by atoms with E-state index >= 15 is 0 Å². The Balaban J connectivity index is 1.27. The maximum absolute atomic E-state index is 14.4. The van der Waals surface area contributed by atoms with Gasteiger partial charge in [-0.2, -0.15) is 0 Å². The molecule has 5 rings (SSSR count). The van der Waals surface area contributed by atoms with Gasteiger partial charge in [0.05, 0.1) is 12.0 Å². The molecule has 0 heterocycles. The molecule has 0 aliphatic heterocycles. The first-order valence-electron chi connectivity index (χ1n) is 20.0. The molecular formula is C42H68N2O6. The van der Waals surface area contributed by atoms with Crippen molar-refractivity contribution >= 4 is 23.8 Å². The number of carbonyl (C=O) groups excluding carboxylic acids is 3. The van der Waals surface area contributed by atoms with Gasteiger partial charge in [0, 0.05) is 25.3 Å². The minimum absolute atomic E-state index is 0.00917. The van der Waals surface area contributed by atoms with Crippen molar-refractivity contribution in [3.63, 3.8) is 0 Å². The van der Waals surface area contributed by atoms with Crippen LogP contribution in [0.2, 0.25) is 0 Å². The molecule has 2 amide bonds. The van der Waals surface area contributed by atoms with Gasteiger partial charge in [-0.1, -0.05) is 66.0 Å². The van der Waals surface area contributed by atoms with Gasteiger partial charge in [-0.25, -0.2) is 0 Å². The van der Waals surface area contributed by atoms with E-state index < -0.39 is 11.4 Å². The van der Waals surface area contributed by atoms with Crippen molar-refractivity contribution in [3.05, 3.63) is 12.2 Å². The third kappa shape index (κ3) is 6.68. The lowest BCUT2D eigenvalue weighted by Gasteiger charge is -2.72. The fourth-order valence-electron chi connectivity index (χ4n) is 13.5. The van der Waals surface area contributed by atoms with Crippen LogP contribution in [0.3, 0.4) is 0 Å². The average molecular weight is 697 g/mol. The Morgan fingerprint density at radius 1 is 0.760 bits per heavy atom. The molecule has 0 radical (unpaired) electrons. The van der Waals surface area contributed by atoms with E-state index in [1.165, 1.54) is 18.4 Å². The Morgan fingerprint density at radius 3 is 2.14 bits per heavy atom. The third-order valence-corrected chi connectivity index (χ3v) is 16.1. The van der Waals surface area contributed by atoms with Gasteiger partial charge in [-0.3, -0.25) is 19.2 Å². The Morgan fingerprint density at radius 2 is 1.46 bits per heavy atom. The second-order valence-corrected chi connectivity index (χ2v) is 18.7. The fraction of sp³-hybridized carbons (Fsp3) is 0.857. The maximum Gasteiger partial charge on any atom is 0.303 e. The largest absolute Gasteiger partial charge is 0.481 e. The minimum atomic E-state index is -0.750. The van der Waals surface area contributed by atoms with Crippen molar-refractivity contribution in [1.29, 1.82) is 0 Å². The van der Waals surface area contributed by atoms with Crippen LogP contribution in [-0.4, -0.2) is 48.1 Å². The highest BCUT2D eigenvalue weighted by Crippen LogP contribution is 2.77. The molecule has 0 aromatic rings. The molecule has 8 nitrogen and oxygen atoms in total. The van der Waals surface area contributed by atoms with Crippen molar-refractivity contribution in [1.82, 2.24) is 10.6 Å². The van der Waals surface area contributed by atoms with Crippen LogP contribution in [-0.2, 0) is 23.9 Å². The van der Waals surface area contributed by atoms with Gasteiger partial charge >= 0.3 is 11.9 Å². The molecule has 0 aromatic heterocycles. The lowest BCUT2D eigenvalue weighted by molar-refractivity contribution is -0.248. The summed E-state index contributed by atoms with van der Waals surface area (Å²) in [6.45, 7) is 21.2. The molecular weight excluding hydrogens is 628 g/mol. The van der Waals surface area contributed by atoms with Crippen molar-refractivity contribution in [2.45, 2.75) is 157 Å². The summed E-state index contributed by atoms with van der Waals surface area (Å²) in [5.74, 6) is 1.09. The number of carboxylic acids is 1. The number of allylic oxidation sites excluding steroid dienone is 1. The summed E-state index contributed by atoms with van der Waals surface area (Å²) in [7, 11) is 0. The van der Waals surface area contributed by atoms with Gasteiger partial charge in [0.1, 0.15) is 6.10 Å². The van der Waals surface area contributed by atoms with Crippen LogP contribution >= 0.6 is 0 Å².